The molecule has 3 heterocycles. The van der Waals surface area contributed by atoms with E-state index >= 15 is 0 Å². The first kappa shape index (κ1) is 16.7. The average molecular weight is 331 g/mol. The maximum absolute atomic E-state index is 12.6. The molecule has 2 amide bonds. The van der Waals surface area contributed by atoms with Gasteiger partial charge in [-0.1, -0.05) is 6.07 Å². The molecule has 2 saturated heterocycles. The van der Waals surface area contributed by atoms with Crippen molar-refractivity contribution < 1.29 is 14.3 Å². The number of nitrogens with zero attached hydrogens (tertiary/aromatic N) is 3. The summed E-state index contributed by atoms with van der Waals surface area (Å²) in [6.45, 7) is 6.67. The van der Waals surface area contributed by atoms with Gasteiger partial charge >= 0.3 is 6.09 Å². The molecule has 0 saturated carbocycles. The molecular weight excluding hydrogens is 306 g/mol. The maximum Gasteiger partial charge on any atom is 0.410 e. The monoisotopic (exact) mass is 331 g/mol. The molecule has 6 nitrogen and oxygen atoms in total. The van der Waals surface area contributed by atoms with E-state index in [-0.39, 0.29) is 18.0 Å². The lowest BCUT2D eigenvalue weighted by Crippen LogP contribution is -2.65. The van der Waals surface area contributed by atoms with Crippen molar-refractivity contribution in [2.75, 3.05) is 20.1 Å². The van der Waals surface area contributed by atoms with E-state index in [9.17, 15) is 9.59 Å². The fourth-order valence-corrected chi connectivity index (χ4v) is 3.87. The highest BCUT2D eigenvalue weighted by Crippen LogP contribution is 2.55. The van der Waals surface area contributed by atoms with Gasteiger partial charge in [0.05, 0.1) is 11.5 Å². The predicted molar refractivity (Wildman–Crippen MR) is 89.2 cm³/mol. The molecule has 1 atom stereocenters. The van der Waals surface area contributed by atoms with E-state index in [1.165, 1.54) is 0 Å². The smallest absolute Gasteiger partial charge is 0.410 e. The van der Waals surface area contributed by atoms with Crippen LogP contribution < -0.4 is 0 Å². The zero-order valence-electron chi connectivity index (χ0n) is 14.8. The second-order valence-electron chi connectivity index (χ2n) is 7.73. The van der Waals surface area contributed by atoms with E-state index in [0.29, 0.717) is 25.9 Å². The summed E-state index contributed by atoms with van der Waals surface area (Å²) in [5.74, 6) is 0.167. The molecule has 2 aliphatic heterocycles. The van der Waals surface area contributed by atoms with Gasteiger partial charge < -0.3 is 14.5 Å². The summed E-state index contributed by atoms with van der Waals surface area (Å²) in [4.78, 5) is 32.5. The van der Waals surface area contributed by atoms with Gasteiger partial charge in [0.25, 0.3) is 0 Å². The van der Waals surface area contributed by atoms with Crippen LogP contribution in [0.5, 0.6) is 0 Å². The van der Waals surface area contributed by atoms with Gasteiger partial charge in [-0.15, -0.1) is 0 Å². The molecule has 2 fully saturated rings. The lowest BCUT2D eigenvalue weighted by atomic mass is 9.63. The number of β-lactam (4-membered cyclic amide) rings is 1. The van der Waals surface area contributed by atoms with Gasteiger partial charge in [0.1, 0.15) is 5.60 Å². The van der Waals surface area contributed by atoms with E-state index in [1.807, 2.05) is 46.1 Å². The fourth-order valence-electron chi connectivity index (χ4n) is 3.87. The number of amides is 2. The summed E-state index contributed by atoms with van der Waals surface area (Å²) >= 11 is 0. The third-order valence-electron chi connectivity index (χ3n) is 4.96. The van der Waals surface area contributed by atoms with Gasteiger partial charge in [0.15, 0.2) is 0 Å². The highest BCUT2D eigenvalue weighted by molar-refractivity contribution is 5.90. The number of rotatable bonds is 1. The van der Waals surface area contributed by atoms with Gasteiger partial charge in [0.2, 0.25) is 5.91 Å². The highest BCUT2D eigenvalue weighted by atomic mass is 16.6. The fraction of sp³-hybridized carbons (Fsp3) is 0.611. The number of piperidine rings is 1. The van der Waals surface area contributed by atoms with Crippen LogP contribution in [0, 0.1) is 5.41 Å². The third kappa shape index (κ3) is 2.74. The molecule has 0 N–H and O–H groups in total. The first-order valence-electron chi connectivity index (χ1n) is 8.40. The zero-order chi connectivity index (χ0) is 17.5. The van der Waals surface area contributed by atoms with E-state index in [2.05, 4.69) is 4.98 Å². The summed E-state index contributed by atoms with van der Waals surface area (Å²) in [6, 6.07) is 3.96. The topological polar surface area (TPSA) is 62.7 Å². The molecule has 1 unspecified atom stereocenters. The Morgan fingerprint density at radius 2 is 2.00 bits per heavy atom. The standard InChI is InChI=1S/C18H25N3O3/c1-17(2,3)24-16(23)21-10-7-18(8-11-21)14(20(4)15(18)22)13-6-5-9-19-12-13/h5-6,9,12,14H,7-8,10-11H2,1-4H3. The second kappa shape index (κ2) is 5.76. The Hall–Kier alpha value is -2.11. The summed E-state index contributed by atoms with van der Waals surface area (Å²) in [5.41, 5.74) is 0.151. The SMILES string of the molecule is CN1C(=O)C2(CCN(C(=O)OC(C)(C)C)CC2)C1c1cccnc1. The van der Waals surface area contributed by atoms with Crippen molar-refractivity contribution in [3.8, 4) is 0 Å². The summed E-state index contributed by atoms with van der Waals surface area (Å²) in [6.07, 6.45) is 4.59. The molecule has 6 heteroatoms. The molecule has 0 aliphatic carbocycles. The van der Waals surface area contributed by atoms with Crippen LogP contribution in [-0.4, -0.2) is 52.5 Å². The lowest BCUT2D eigenvalue weighted by molar-refractivity contribution is -0.176. The Kier molecular flexibility index (Phi) is 4.01. The van der Waals surface area contributed by atoms with Crippen LogP contribution in [0.15, 0.2) is 24.5 Å². The number of carbonyl (C=O) groups is 2. The molecular formula is C18H25N3O3. The summed E-state index contributed by atoms with van der Waals surface area (Å²) < 4.78 is 5.44. The minimum absolute atomic E-state index is 0.0412. The first-order chi connectivity index (χ1) is 11.2. The van der Waals surface area contributed by atoms with E-state index in [0.717, 1.165) is 5.56 Å². The molecule has 0 bridgehead atoms. The summed E-state index contributed by atoms with van der Waals surface area (Å²) in [7, 11) is 1.84. The van der Waals surface area contributed by atoms with Crippen molar-refractivity contribution in [2.45, 2.75) is 45.3 Å². The molecule has 1 aromatic rings. The zero-order valence-corrected chi connectivity index (χ0v) is 14.8. The minimum Gasteiger partial charge on any atom is -0.444 e. The van der Waals surface area contributed by atoms with Crippen LogP contribution in [0.25, 0.3) is 0 Å². The Balaban J connectivity index is 1.72. The van der Waals surface area contributed by atoms with Crippen LogP contribution in [0.4, 0.5) is 4.79 Å². The molecule has 0 radical (unpaired) electrons. The molecule has 2 aliphatic rings. The molecule has 1 spiro atoms. The maximum atomic E-state index is 12.6. The van der Waals surface area contributed by atoms with E-state index < -0.39 is 11.0 Å². The summed E-state index contributed by atoms with van der Waals surface area (Å²) in [5, 5.41) is 0. The van der Waals surface area contributed by atoms with E-state index in [1.54, 1.807) is 16.0 Å². The Bertz CT molecular complexity index is 631. The second-order valence-corrected chi connectivity index (χ2v) is 7.73. The van der Waals surface area contributed by atoms with Crippen molar-refractivity contribution in [2.24, 2.45) is 5.41 Å². The normalized spacial score (nSPS) is 23.2. The molecule has 1 aromatic heterocycles. The molecule has 0 aromatic carbocycles. The number of ether oxygens (including phenoxy) is 1. The molecule has 3 rings (SSSR count). The quantitative estimate of drug-likeness (QED) is 0.742. The first-order valence-corrected chi connectivity index (χ1v) is 8.40. The Labute approximate surface area is 142 Å². The third-order valence-corrected chi connectivity index (χ3v) is 4.96. The Morgan fingerprint density at radius 1 is 1.33 bits per heavy atom. The van der Waals surface area contributed by atoms with Crippen molar-refractivity contribution >= 4 is 12.0 Å². The number of likely N-dealkylation sites (tertiary alicyclic amines) is 2. The van der Waals surface area contributed by atoms with Crippen LogP contribution in [0.1, 0.15) is 45.2 Å². The van der Waals surface area contributed by atoms with Crippen molar-refractivity contribution in [3.63, 3.8) is 0 Å². The number of aromatic nitrogens is 1. The number of hydrogen-bond donors (Lipinski definition) is 0. The number of pyridine rings is 1. The predicted octanol–water partition coefficient (Wildman–Crippen LogP) is 2.61. The van der Waals surface area contributed by atoms with Gasteiger partial charge in [0, 0.05) is 32.5 Å². The number of carbonyl (C=O) groups excluding carboxylic acids is 2. The van der Waals surface area contributed by atoms with Crippen molar-refractivity contribution in [1.82, 2.24) is 14.8 Å². The van der Waals surface area contributed by atoms with Gasteiger partial charge in [-0.25, -0.2) is 4.79 Å². The van der Waals surface area contributed by atoms with Gasteiger partial charge in [-0.2, -0.15) is 0 Å². The van der Waals surface area contributed by atoms with Gasteiger partial charge in [-0.05, 0) is 45.2 Å². The largest absolute Gasteiger partial charge is 0.444 e. The van der Waals surface area contributed by atoms with Crippen LogP contribution in [0.3, 0.4) is 0 Å². The molecule has 24 heavy (non-hydrogen) atoms. The van der Waals surface area contributed by atoms with Crippen LogP contribution in [-0.2, 0) is 9.53 Å². The van der Waals surface area contributed by atoms with Crippen molar-refractivity contribution in [1.29, 1.82) is 0 Å². The average Bonchev–Trinajstić information content (AvgIpc) is 2.54. The van der Waals surface area contributed by atoms with Crippen molar-refractivity contribution in [3.05, 3.63) is 30.1 Å². The highest BCUT2D eigenvalue weighted by Gasteiger charge is 2.60. The lowest BCUT2D eigenvalue weighted by Gasteiger charge is -2.57. The minimum atomic E-state index is -0.503. The number of hydrogen-bond acceptors (Lipinski definition) is 4. The molecule has 130 valence electrons. The van der Waals surface area contributed by atoms with Crippen LogP contribution >= 0.6 is 0 Å². The van der Waals surface area contributed by atoms with Gasteiger partial charge in [-0.3, -0.25) is 9.78 Å². The Morgan fingerprint density at radius 3 is 2.54 bits per heavy atom. The van der Waals surface area contributed by atoms with E-state index in [4.69, 9.17) is 4.74 Å². The van der Waals surface area contributed by atoms with Crippen LogP contribution in [0.2, 0.25) is 0 Å².